The third-order valence-electron chi connectivity index (χ3n) is 23.1. The third-order valence-corrected chi connectivity index (χ3v) is 23.1. The second-order valence-corrected chi connectivity index (χ2v) is 28.6. The van der Waals surface area contributed by atoms with Gasteiger partial charge in [0.25, 0.3) is 0 Å². The van der Waals surface area contributed by atoms with Gasteiger partial charge in [-0.2, -0.15) is 0 Å². The normalized spacial score (nSPS) is 12.3. The van der Waals surface area contributed by atoms with Crippen LogP contribution < -0.4 is 0 Å². The summed E-state index contributed by atoms with van der Waals surface area (Å²) < 4.78 is 4.74. The first-order valence-electron chi connectivity index (χ1n) is 36.4. The third kappa shape index (κ3) is 8.09. The second kappa shape index (κ2) is 21.7. The van der Waals surface area contributed by atoms with Crippen LogP contribution in [0.4, 0.5) is 0 Å². The summed E-state index contributed by atoms with van der Waals surface area (Å²) in [5.74, 6) is 2.11. The Morgan fingerprint density at radius 3 is 1.25 bits per heavy atom. The highest BCUT2D eigenvalue weighted by atomic mass is 15.2. The molecule has 486 valence electrons. The molecule has 0 saturated carbocycles. The van der Waals surface area contributed by atoms with E-state index in [0.717, 1.165) is 94.5 Å². The number of aromatic nitrogens is 6. The van der Waals surface area contributed by atoms with Crippen molar-refractivity contribution in [2.75, 3.05) is 0 Å². The molecule has 2 aliphatic rings. The van der Waals surface area contributed by atoms with Crippen LogP contribution in [0.5, 0.6) is 0 Å². The van der Waals surface area contributed by atoms with Crippen molar-refractivity contribution in [2.24, 2.45) is 0 Å². The van der Waals surface area contributed by atoms with Crippen molar-refractivity contribution in [1.29, 1.82) is 0 Å². The Bertz CT molecular complexity index is 7690. The molecule has 6 nitrogen and oxygen atoms in total. The molecule has 0 spiro atoms. The molecule has 0 saturated heterocycles. The lowest BCUT2D eigenvalue weighted by molar-refractivity contribution is 0.998. The van der Waals surface area contributed by atoms with Crippen LogP contribution in [-0.4, -0.2) is 29.1 Å². The van der Waals surface area contributed by atoms with Gasteiger partial charge in [0.15, 0.2) is 5.82 Å². The number of benzene rings is 18. The van der Waals surface area contributed by atoms with Crippen LogP contribution in [0, 0.1) is 0 Å². The molecule has 6 heteroatoms. The first-order chi connectivity index (χ1) is 52.6. The maximum Gasteiger partial charge on any atom is 0.235 e. The van der Waals surface area contributed by atoms with E-state index in [-0.39, 0.29) is 0 Å². The number of fused-ring (bicyclic) bond motifs is 26. The smallest absolute Gasteiger partial charge is 0.235 e. The Balaban J connectivity index is 0.665. The second-order valence-electron chi connectivity index (χ2n) is 28.6. The minimum absolute atomic E-state index is 0.617. The summed E-state index contributed by atoms with van der Waals surface area (Å²) in [5, 5.41) is 24.0. The molecule has 24 rings (SSSR count). The minimum atomic E-state index is 0.617. The van der Waals surface area contributed by atoms with E-state index >= 15 is 0 Å². The van der Waals surface area contributed by atoms with E-state index in [4.69, 9.17) is 19.9 Å². The minimum Gasteiger partial charge on any atom is -0.293 e. The molecule has 4 heterocycles. The highest BCUT2D eigenvalue weighted by Crippen LogP contribution is 2.53. The zero-order valence-corrected chi connectivity index (χ0v) is 57.0. The summed E-state index contributed by atoms with van der Waals surface area (Å²) in [4.78, 5) is 22.6. The van der Waals surface area contributed by atoms with Crippen molar-refractivity contribution >= 4 is 130 Å². The maximum absolute atomic E-state index is 5.74. The van der Waals surface area contributed by atoms with Gasteiger partial charge in [-0.3, -0.25) is 9.13 Å². The van der Waals surface area contributed by atoms with Gasteiger partial charge in [0.05, 0.1) is 39.1 Å². The summed E-state index contributed by atoms with van der Waals surface area (Å²) >= 11 is 0. The lowest BCUT2D eigenvalue weighted by Gasteiger charge is -2.16. The van der Waals surface area contributed by atoms with Gasteiger partial charge >= 0.3 is 0 Å². The van der Waals surface area contributed by atoms with Crippen molar-refractivity contribution in [3.05, 3.63) is 340 Å². The first kappa shape index (κ1) is 57.4. The van der Waals surface area contributed by atoms with E-state index in [9.17, 15) is 0 Å². The molecular weight excluding hydrogens is 1290 g/mol. The van der Waals surface area contributed by atoms with Crippen LogP contribution in [0.3, 0.4) is 0 Å². The fourth-order valence-electron chi connectivity index (χ4n) is 18.6. The Labute approximate surface area is 607 Å². The topological polar surface area (TPSA) is 61.4 Å². The maximum atomic E-state index is 5.74. The molecule has 0 fully saturated rings. The summed E-state index contributed by atoms with van der Waals surface area (Å²) in [6.45, 7) is 0. The fraction of sp³-hybridized carbons (Fsp3) is 0. The number of hydrogen-bond acceptors (Lipinski definition) is 4. The van der Waals surface area contributed by atoms with Crippen LogP contribution in [0.15, 0.2) is 340 Å². The number of hydrogen-bond donors (Lipinski definition) is 0. The summed E-state index contributed by atoms with van der Waals surface area (Å²) in [5.41, 5.74) is 23.2. The zero-order valence-electron chi connectivity index (χ0n) is 57.0. The van der Waals surface area contributed by atoms with Crippen LogP contribution in [0.25, 0.3) is 242 Å². The van der Waals surface area contributed by atoms with Crippen molar-refractivity contribution in [1.82, 2.24) is 29.1 Å². The molecule has 2 aliphatic carbocycles. The molecule has 22 aromatic rings. The highest BCUT2D eigenvalue weighted by Gasteiger charge is 2.29. The van der Waals surface area contributed by atoms with Gasteiger partial charge in [-0.05, 0) is 180 Å². The number of para-hydroxylation sites is 2. The van der Waals surface area contributed by atoms with Crippen LogP contribution >= 0.6 is 0 Å². The van der Waals surface area contributed by atoms with E-state index in [1.54, 1.807) is 0 Å². The van der Waals surface area contributed by atoms with E-state index in [0.29, 0.717) is 11.8 Å². The van der Waals surface area contributed by atoms with Crippen molar-refractivity contribution in [2.45, 2.75) is 0 Å². The standard InChI is InChI=1S/C100H56N6/c1-2-21-59(22-3-1)87-56-90(104-99(101-87)66-52-64-24-19-37-74-70-27-7-9-29-72(70)84(54-66)92(64)74)105-88-38-16-14-34-79(88)95-82-49-46-62-50-61(45-47-68(62)94(82)75-30-10-12-32-77(75)97(95)105)57-40-42-60(43-41-57)85-55-86(65-51-63-23-18-36-73-69-26-6-8-28-71(69)83(53-65)91(63)73)103-100(102-85)106-89-39-17-15-35-80(89)96-81-48-44-58-20-4-5-25-67(58)93(81)76-31-11-13-33-78(76)98(96)106/h1-56H. The SMILES string of the molecule is c1ccc(-c2cc(-n3c4ccccc4c4c5ccc6cc(-c7ccc(-c8cc(-c9cc%10c%11c(cccc%11c9)-c9ccccc9-%10)nc(-n9c%10ccccc%10c%10c%11ccc%12ccccc%12c%11c%11ccccc%11c%109)n8)cc7)ccc6c5c5ccccc5c43)nc(-c3cc4c5c(cccc5c3)-c3ccccc3-4)n2)cc1. The number of nitrogens with zero attached hydrogens (tertiary/aromatic N) is 6. The molecule has 106 heavy (non-hydrogen) atoms. The van der Waals surface area contributed by atoms with Crippen LogP contribution in [0.2, 0.25) is 0 Å². The summed E-state index contributed by atoms with van der Waals surface area (Å²) in [7, 11) is 0. The zero-order chi connectivity index (χ0) is 69.0. The lowest BCUT2D eigenvalue weighted by atomic mass is 9.91. The molecular formula is C100H56N6. The lowest BCUT2D eigenvalue weighted by Crippen LogP contribution is -2.04. The van der Waals surface area contributed by atoms with Crippen molar-refractivity contribution in [3.8, 4) is 113 Å². The van der Waals surface area contributed by atoms with Crippen LogP contribution in [-0.2, 0) is 0 Å². The Morgan fingerprint density at radius 1 is 0.189 bits per heavy atom. The Morgan fingerprint density at radius 2 is 0.613 bits per heavy atom. The predicted octanol–water partition coefficient (Wildman–Crippen LogP) is 26.3. The van der Waals surface area contributed by atoms with Gasteiger partial charge in [-0.25, -0.2) is 19.9 Å². The molecule has 0 radical (unpaired) electrons. The van der Waals surface area contributed by atoms with E-state index in [1.807, 2.05) is 0 Å². The van der Waals surface area contributed by atoms with Gasteiger partial charge in [-0.15, -0.1) is 0 Å². The molecule has 18 aromatic carbocycles. The molecule has 0 bridgehead atoms. The number of rotatable bonds is 7. The van der Waals surface area contributed by atoms with Gasteiger partial charge in [0.1, 0.15) is 5.82 Å². The van der Waals surface area contributed by atoms with Gasteiger partial charge in [0, 0.05) is 60.6 Å². The first-order valence-corrected chi connectivity index (χ1v) is 36.4. The van der Waals surface area contributed by atoms with E-state index < -0.39 is 0 Å². The summed E-state index contributed by atoms with van der Waals surface area (Å²) in [6, 6.07) is 125. The average molecular weight is 1340 g/mol. The van der Waals surface area contributed by atoms with Crippen molar-refractivity contribution < 1.29 is 0 Å². The predicted molar refractivity (Wildman–Crippen MR) is 442 cm³/mol. The molecule has 0 aliphatic heterocycles. The average Bonchev–Trinajstić information content (AvgIpc) is 1.51. The monoisotopic (exact) mass is 1340 g/mol. The molecule has 0 unspecified atom stereocenters. The molecule has 0 atom stereocenters. The Hall–Kier alpha value is -14.2. The molecule has 4 aromatic heterocycles. The quantitative estimate of drug-likeness (QED) is 0.149. The van der Waals surface area contributed by atoms with Gasteiger partial charge in [-0.1, -0.05) is 285 Å². The molecule has 0 amide bonds. The largest absolute Gasteiger partial charge is 0.293 e. The summed E-state index contributed by atoms with van der Waals surface area (Å²) in [6.07, 6.45) is 0. The highest BCUT2D eigenvalue weighted by molar-refractivity contribution is 6.38. The van der Waals surface area contributed by atoms with E-state index in [2.05, 4.69) is 349 Å². The van der Waals surface area contributed by atoms with E-state index in [1.165, 1.54) is 136 Å². The van der Waals surface area contributed by atoms with Gasteiger partial charge < -0.3 is 0 Å². The van der Waals surface area contributed by atoms with Crippen LogP contribution in [0.1, 0.15) is 0 Å². The Kier molecular flexibility index (Phi) is 11.7. The van der Waals surface area contributed by atoms with Gasteiger partial charge in [0.2, 0.25) is 5.95 Å². The fourth-order valence-corrected chi connectivity index (χ4v) is 18.6. The van der Waals surface area contributed by atoms with Crippen molar-refractivity contribution in [3.63, 3.8) is 0 Å². The molecule has 0 N–H and O–H groups in total.